The lowest BCUT2D eigenvalue weighted by molar-refractivity contribution is -0.131. The van der Waals surface area contributed by atoms with Crippen molar-refractivity contribution in [2.45, 2.75) is 6.42 Å². The van der Waals surface area contributed by atoms with Gasteiger partial charge in [0.1, 0.15) is 0 Å². The number of furan rings is 1. The number of nitrogens with zero attached hydrogens (tertiary/aromatic N) is 2. The SMILES string of the molecule is O=C(Cc1ccc2[nH]c(=O)[nH]c2c1)N1CCN(C(=O)c2ccco2)CC1. The number of H-pyrrole nitrogens is 2. The minimum Gasteiger partial charge on any atom is -0.459 e. The van der Waals surface area contributed by atoms with Crippen LogP contribution in [0.15, 0.2) is 45.8 Å². The number of hydrogen-bond acceptors (Lipinski definition) is 4. The third-order valence-electron chi connectivity index (χ3n) is 4.59. The van der Waals surface area contributed by atoms with E-state index in [1.807, 2.05) is 12.1 Å². The summed E-state index contributed by atoms with van der Waals surface area (Å²) in [6, 6.07) is 8.75. The van der Waals surface area contributed by atoms with E-state index in [-0.39, 0.29) is 23.9 Å². The van der Waals surface area contributed by atoms with Crippen LogP contribution < -0.4 is 5.69 Å². The van der Waals surface area contributed by atoms with Gasteiger partial charge in [0.25, 0.3) is 5.91 Å². The summed E-state index contributed by atoms with van der Waals surface area (Å²) in [6.07, 6.45) is 1.73. The topological polar surface area (TPSA) is 102 Å². The van der Waals surface area contributed by atoms with Crippen LogP contribution in [0.5, 0.6) is 0 Å². The van der Waals surface area contributed by atoms with Gasteiger partial charge in [0.2, 0.25) is 5.91 Å². The lowest BCUT2D eigenvalue weighted by Gasteiger charge is -2.34. The molecule has 1 aromatic carbocycles. The molecule has 8 nitrogen and oxygen atoms in total. The van der Waals surface area contributed by atoms with Crippen LogP contribution in [0.1, 0.15) is 16.1 Å². The molecule has 0 unspecified atom stereocenters. The zero-order valence-electron chi connectivity index (χ0n) is 14.0. The third kappa shape index (κ3) is 3.13. The number of hydrogen-bond donors (Lipinski definition) is 2. The van der Waals surface area contributed by atoms with Crippen LogP contribution in [0.4, 0.5) is 0 Å². The Bertz CT molecular complexity index is 994. The zero-order chi connectivity index (χ0) is 18.1. The number of aromatic amines is 2. The third-order valence-corrected chi connectivity index (χ3v) is 4.59. The van der Waals surface area contributed by atoms with Crippen LogP contribution in [0.3, 0.4) is 0 Å². The molecule has 0 spiro atoms. The van der Waals surface area contributed by atoms with Crippen molar-refractivity contribution in [1.29, 1.82) is 0 Å². The molecule has 26 heavy (non-hydrogen) atoms. The Hall–Kier alpha value is -3.29. The fourth-order valence-electron chi connectivity index (χ4n) is 3.19. The minimum atomic E-state index is -0.263. The summed E-state index contributed by atoms with van der Waals surface area (Å²) >= 11 is 0. The first-order valence-corrected chi connectivity index (χ1v) is 8.41. The summed E-state index contributed by atoms with van der Waals surface area (Å²) in [7, 11) is 0. The molecule has 0 radical (unpaired) electrons. The van der Waals surface area contributed by atoms with Gasteiger partial charge in [-0.15, -0.1) is 0 Å². The second-order valence-corrected chi connectivity index (χ2v) is 6.29. The molecule has 1 aliphatic rings. The molecule has 0 bridgehead atoms. The van der Waals surface area contributed by atoms with Crippen molar-refractivity contribution in [2.24, 2.45) is 0 Å². The van der Waals surface area contributed by atoms with E-state index in [4.69, 9.17) is 4.42 Å². The first-order chi connectivity index (χ1) is 12.6. The number of imidazole rings is 1. The number of amides is 2. The molecular weight excluding hydrogens is 336 g/mol. The first-order valence-electron chi connectivity index (χ1n) is 8.41. The standard InChI is InChI=1S/C18H18N4O4/c23-16(11-12-3-4-13-14(10-12)20-18(25)19-13)21-5-7-22(8-6-21)17(24)15-2-1-9-26-15/h1-4,9-10H,5-8,11H2,(H2,19,20,25). The maximum Gasteiger partial charge on any atom is 0.323 e. The first kappa shape index (κ1) is 16.2. The highest BCUT2D eigenvalue weighted by atomic mass is 16.3. The molecule has 1 aliphatic heterocycles. The summed E-state index contributed by atoms with van der Waals surface area (Å²) in [5.41, 5.74) is 1.98. The zero-order valence-corrected chi connectivity index (χ0v) is 14.0. The van der Waals surface area contributed by atoms with Gasteiger partial charge in [0.05, 0.1) is 23.7 Å². The maximum atomic E-state index is 12.5. The Morgan fingerprint density at radius 3 is 2.46 bits per heavy atom. The van der Waals surface area contributed by atoms with Crippen molar-refractivity contribution in [2.75, 3.05) is 26.2 Å². The Balaban J connectivity index is 1.37. The van der Waals surface area contributed by atoms with Crippen LogP contribution in [-0.2, 0) is 11.2 Å². The van der Waals surface area contributed by atoms with Gasteiger partial charge in [-0.2, -0.15) is 0 Å². The van der Waals surface area contributed by atoms with Crippen LogP contribution in [0.2, 0.25) is 0 Å². The largest absolute Gasteiger partial charge is 0.459 e. The van der Waals surface area contributed by atoms with E-state index in [2.05, 4.69) is 9.97 Å². The molecule has 2 N–H and O–H groups in total. The summed E-state index contributed by atoms with van der Waals surface area (Å²) in [6.45, 7) is 1.95. The maximum absolute atomic E-state index is 12.5. The fourth-order valence-corrected chi connectivity index (χ4v) is 3.19. The number of fused-ring (bicyclic) bond motifs is 1. The molecule has 0 aliphatic carbocycles. The van der Waals surface area contributed by atoms with E-state index in [1.54, 1.807) is 28.0 Å². The van der Waals surface area contributed by atoms with E-state index in [1.165, 1.54) is 6.26 Å². The molecule has 1 fully saturated rings. The second-order valence-electron chi connectivity index (χ2n) is 6.29. The van der Waals surface area contributed by atoms with Crippen molar-refractivity contribution >= 4 is 22.8 Å². The second kappa shape index (κ2) is 6.55. The van der Waals surface area contributed by atoms with Crippen molar-refractivity contribution in [3.8, 4) is 0 Å². The van der Waals surface area contributed by atoms with E-state index in [9.17, 15) is 14.4 Å². The summed E-state index contributed by atoms with van der Waals surface area (Å²) in [5.74, 6) is 0.176. The van der Waals surface area contributed by atoms with Crippen molar-refractivity contribution in [1.82, 2.24) is 19.8 Å². The number of nitrogens with one attached hydrogen (secondary N) is 2. The van der Waals surface area contributed by atoms with Crippen LogP contribution in [-0.4, -0.2) is 57.8 Å². The van der Waals surface area contributed by atoms with Gasteiger partial charge in [-0.25, -0.2) is 4.79 Å². The average molecular weight is 354 g/mol. The Morgan fingerprint density at radius 1 is 1.00 bits per heavy atom. The number of piperazine rings is 1. The molecule has 8 heteroatoms. The number of aromatic nitrogens is 2. The normalized spacial score (nSPS) is 14.8. The molecule has 0 saturated carbocycles. The highest BCUT2D eigenvalue weighted by Crippen LogP contribution is 2.14. The molecule has 0 atom stereocenters. The molecule has 134 valence electrons. The quantitative estimate of drug-likeness (QED) is 0.732. The number of benzene rings is 1. The predicted molar refractivity (Wildman–Crippen MR) is 93.8 cm³/mol. The molecule has 3 heterocycles. The molecule has 2 aromatic heterocycles. The van der Waals surface area contributed by atoms with Gasteiger partial charge >= 0.3 is 5.69 Å². The van der Waals surface area contributed by atoms with Crippen molar-refractivity contribution in [3.05, 3.63) is 58.4 Å². The Kier molecular flexibility index (Phi) is 4.08. The summed E-state index contributed by atoms with van der Waals surface area (Å²) in [5, 5.41) is 0. The fraction of sp³-hybridized carbons (Fsp3) is 0.278. The van der Waals surface area contributed by atoms with E-state index < -0.39 is 0 Å². The number of carbonyl (C=O) groups excluding carboxylic acids is 2. The lowest BCUT2D eigenvalue weighted by Crippen LogP contribution is -2.50. The molecule has 1 saturated heterocycles. The Labute approximate surface area is 148 Å². The molecule has 4 rings (SSSR count). The molecule has 2 amide bonds. The lowest BCUT2D eigenvalue weighted by atomic mass is 10.1. The average Bonchev–Trinajstić information content (AvgIpc) is 3.29. The van der Waals surface area contributed by atoms with Gasteiger partial charge in [-0.1, -0.05) is 6.07 Å². The van der Waals surface area contributed by atoms with Gasteiger partial charge in [-0.3, -0.25) is 9.59 Å². The molecular formula is C18H18N4O4. The van der Waals surface area contributed by atoms with Gasteiger partial charge in [-0.05, 0) is 29.8 Å². The molecule has 3 aromatic rings. The van der Waals surface area contributed by atoms with Gasteiger partial charge in [0.15, 0.2) is 5.76 Å². The number of carbonyl (C=O) groups is 2. The number of rotatable bonds is 3. The predicted octanol–water partition coefficient (Wildman–Crippen LogP) is 0.976. The van der Waals surface area contributed by atoms with Gasteiger partial charge < -0.3 is 24.2 Å². The summed E-state index contributed by atoms with van der Waals surface area (Å²) in [4.78, 5) is 44.9. The van der Waals surface area contributed by atoms with E-state index >= 15 is 0 Å². The van der Waals surface area contributed by atoms with Crippen LogP contribution in [0, 0.1) is 0 Å². The van der Waals surface area contributed by atoms with Crippen LogP contribution in [0.25, 0.3) is 11.0 Å². The van der Waals surface area contributed by atoms with E-state index in [0.29, 0.717) is 37.5 Å². The van der Waals surface area contributed by atoms with Crippen LogP contribution >= 0.6 is 0 Å². The van der Waals surface area contributed by atoms with E-state index in [0.717, 1.165) is 11.1 Å². The minimum absolute atomic E-state index is 0.00679. The Morgan fingerprint density at radius 2 is 1.73 bits per heavy atom. The highest BCUT2D eigenvalue weighted by molar-refractivity contribution is 5.91. The monoisotopic (exact) mass is 354 g/mol. The van der Waals surface area contributed by atoms with Crippen molar-refractivity contribution in [3.63, 3.8) is 0 Å². The summed E-state index contributed by atoms with van der Waals surface area (Å²) < 4.78 is 5.14. The van der Waals surface area contributed by atoms with Crippen molar-refractivity contribution < 1.29 is 14.0 Å². The van der Waals surface area contributed by atoms with Gasteiger partial charge in [0, 0.05) is 26.2 Å². The smallest absolute Gasteiger partial charge is 0.323 e. The highest BCUT2D eigenvalue weighted by Gasteiger charge is 2.26.